The van der Waals surface area contributed by atoms with Crippen LogP contribution >= 0.6 is 23.2 Å². The first kappa shape index (κ1) is 20.7. The molecule has 3 aromatic rings. The van der Waals surface area contributed by atoms with Crippen molar-refractivity contribution in [1.29, 1.82) is 0 Å². The molecule has 0 aliphatic heterocycles. The van der Waals surface area contributed by atoms with Gasteiger partial charge in [0, 0.05) is 22.3 Å². The fourth-order valence-electron chi connectivity index (χ4n) is 2.64. The molecule has 0 radical (unpaired) electrons. The fourth-order valence-corrected chi connectivity index (χ4v) is 3.05. The molecule has 0 spiro atoms. The van der Waals surface area contributed by atoms with E-state index in [4.69, 9.17) is 27.9 Å². The topological polar surface area (TPSA) is 67.4 Å². The molecule has 3 rings (SSSR count). The van der Waals surface area contributed by atoms with Crippen LogP contribution in [0.4, 0.5) is 11.4 Å². The van der Waals surface area contributed by atoms with E-state index in [-0.39, 0.29) is 11.8 Å². The van der Waals surface area contributed by atoms with Crippen LogP contribution < -0.4 is 15.4 Å². The molecule has 2 amide bonds. The van der Waals surface area contributed by atoms with Gasteiger partial charge in [0.05, 0.1) is 23.4 Å². The third-order valence-electron chi connectivity index (χ3n) is 4.26. The molecule has 3 aromatic carbocycles. The van der Waals surface area contributed by atoms with E-state index >= 15 is 0 Å². The Balaban J connectivity index is 1.78. The van der Waals surface area contributed by atoms with Crippen LogP contribution in [0.15, 0.2) is 60.7 Å². The van der Waals surface area contributed by atoms with Crippen molar-refractivity contribution >= 4 is 46.4 Å². The zero-order valence-electron chi connectivity index (χ0n) is 15.8. The van der Waals surface area contributed by atoms with E-state index in [2.05, 4.69) is 10.6 Å². The smallest absolute Gasteiger partial charge is 0.257 e. The molecule has 7 heteroatoms. The van der Waals surface area contributed by atoms with E-state index in [0.717, 1.165) is 5.56 Å². The molecule has 0 aliphatic carbocycles. The zero-order valence-corrected chi connectivity index (χ0v) is 17.3. The summed E-state index contributed by atoms with van der Waals surface area (Å²) >= 11 is 12.2. The van der Waals surface area contributed by atoms with Gasteiger partial charge in [-0.2, -0.15) is 0 Å². The van der Waals surface area contributed by atoms with Gasteiger partial charge in [-0.3, -0.25) is 9.59 Å². The van der Waals surface area contributed by atoms with Crippen molar-refractivity contribution in [2.75, 3.05) is 17.7 Å². The monoisotopic (exact) mass is 428 g/mol. The van der Waals surface area contributed by atoms with Crippen LogP contribution in [0.25, 0.3) is 0 Å². The average molecular weight is 429 g/mol. The number of benzene rings is 3. The summed E-state index contributed by atoms with van der Waals surface area (Å²) in [6.07, 6.45) is 0. The molecule has 0 fully saturated rings. The number of amides is 2. The zero-order chi connectivity index (χ0) is 21.0. The summed E-state index contributed by atoms with van der Waals surface area (Å²) in [6.45, 7) is 1.87. The lowest BCUT2D eigenvalue weighted by molar-refractivity contribution is 0.101. The molecule has 2 N–H and O–H groups in total. The second-order valence-corrected chi connectivity index (χ2v) is 7.08. The van der Waals surface area contributed by atoms with Crippen LogP contribution in [0, 0.1) is 6.92 Å². The molecule has 29 heavy (non-hydrogen) atoms. The molecule has 0 heterocycles. The lowest BCUT2D eigenvalue weighted by atomic mass is 10.1. The van der Waals surface area contributed by atoms with Crippen LogP contribution in [0.2, 0.25) is 10.0 Å². The van der Waals surface area contributed by atoms with Crippen molar-refractivity contribution in [2.45, 2.75) is 6.92 Å². The summed E-state index contributed by atoms with van der Waals surface area (Å²) in [4.78, 5) is 24.9. The number of methoxy groups -OCH3 is 1. The second-order valence-electron chi connectivity index (χ2n) is 6.27. The molecule has 0 aromatic heterocycles. The highest BCUT2D eigenvalue weighted by Crippen LogP contribution is 2.29. The van der Waals surface area contributed by atoms with Gasteiger partial charge in [-0.25, -0.2) is 0 Å². The summed E-state index contributed by atoms with van der Waals surface area (Å²) in [6, 6.07) is 16.8. The Kier molecular flexibility index (Phi) is 6.42. The first-order valence-electron chi connectivity index (χ1n) is 8.70. The summed E-state index contributed by atoms with van der Waals surface area (Å²) < 4.78 is 5.36. The van der Waals surface area contributed by atoms with Crippen molar-refractivity contribution in [1.82, 2.24) is 0 Å². The Morgan fingerprint density at radius 3 is 2.31 bits per heavy atom. The van der Waals surface area contributed by atoms with Gasteiger partial charge in [0.15, 0.2) is 0 Å². The maximum atomic E-state index is 12.5. The van der Waals surface area contributed by atoms with E-state index < -0.39 is 0 Å². The molecule has 0 atom stereocenters. The third kappa shape index (κ3) is 4.88. The molecule has 0 saturated heterocycles. The quantitative estimate of drug-likeness (QED) is 0.538. The predicted molar refractivity (Wildman–Crippen MR) is 117 cm³/mol. The molecule has 148 valence electrons. The van der Waals surface area contributed by atoms with Crippen molar-refractivity contribution in [3.05, 3.63) is 87.4 Å². The SMILES string of the molecule is COc1cc(NC(=O)c2ccc(C)c(Cl)c2)ccc1NC(=O)c1ccccc1Cl. The van der Waals surface area contributed by atoms with E-state index in [1.54, 1.807) is 60.7 Å². The van der Waals surface area contributed by atoms with Gasteiger partial charge in [0.1, 0.15) is 5.75 Å². The number of halogens is 2. The number of ether oxygens (including phenoxy) is 1. The number of nitrogens with one attached hydrogen (secondary N) is 2. The highest BCUT2D eigenvalue weighted by atomic mass is 35.5. The minimum atomic E-state index is -0.361. The van der Waals surface area contributed by atoms with Gasteiger partial charge in [0.2, 0.25) is 0 Å². The number of aryl methyl sites for hydroxylation is 1. The second kappa shape index (κ2) is 8.99. The van der Waals surface area contributed by atoms with Gasteiger partial charge in [-0.1, -0.05) is 41.4 Å². The first-order chi connectivity index (χ1) is 13.9. The minimum absolute atomic E-state index is 0.304. The predicted octanol–water partition coefficient (Wildman–Crippen LogP) is 5.82. The van der Waals surface area contributed by atoms with Crippen LogP contribution in [-0.2, 0) is 0 Å². The highest BCUT2D eigenvalue weighted by molar-refractivity contribution is 6.34. The van der Waals surface area contributed by atoms with E-state index in [9.17, 15) is 9.59 Å². The molecule has 0 bridgehead atoms. The van der Waals surface area contributed by atoms with Crippen molar-refractivity contribution in [3.8, 4) is 5.75 Å². The van der Waals surface area contributed by atoms with E-state index in [1.807, 2.05) is 6.92 Å². The molecular formula is C22H18Cl2N2O3. The number of hydrogen-bond donors (Lipinski definition) is 2. The lowest BCUT2D eigenvalue weighted by Gasteiger charge is -2.13. The van der Waals surface area contributed by atoms with Crippen LogP contribution in [-0.4, -0.2) is 18.9 Å². The molecule has 0 aliphatic rings. The number of carbonyl (C=O) groups is 2. The Morgan fingerprint density at radius 2 is 1.62 bits per heavy atom. The van der Waals surface area contributed by atoms with Gasteiger partial charge >= 0.3 is 0 Å². The van der Waals surface area contributed by atoms with Crippen LogP contribution in [0.1, 0.15) is 26.3 Å². The Bertz CT molecular complexity index is 1080. The summed E-state index contributed by atoms with van der Waals surface area (Å²) in [5.74, 6) is -0.271. The standard InChI is InChI=1S/C22H18Cl2N2O3/c1-13-7-8-14(11-18(13)24)21(27)25-15-9-10-19(20(12-15)29-2)26-22(28)16-5-3-4-6-17(16)23/h3-12H,1-2H3,(H,25,27)(H,26,28). The largest absolute Gasteiger partial charge is 0.494 e. The number of hydrogen-bond acceptors (Lipinski definition) is 3. The van der Waals surface area contributed by atoms with Crippen molar-refractivity contribution in [2.24, 2.45) is 0 Å². The van der Waals surface area contributed by atoms with Crippen LogP contribution in [0.3, 0.4) is 0 Å². The highest BCUT2D eigenvalue weighted by Gasteiger charge is 2.14. The minimum Gasteiger partial charge on any atom is -0.494 e. The first-order valence-corrected chi connectivity index (χ1v) is 9.46. The third-order valence-corrected chi connectivity index (χ3v) is 5.00. The summed E-state index contributed by atoms with van der Waals surface area (Å²) in [5, 5.41) is 6.43. The van der Waals surface area contributed by atoms with Gasteiger partial charge < -0.3 is 15.4 Å². The average Bonchev–Trinajstić information content (AvgIpc) is 2.71. The maximum Gasteiger partial charge on any atom is 0.257 e. The van der Waals surface area contributed by atoms with Gasteiger partial charge in [-0.05, 0) is 48.9 Å². The van der Waals surface area contributed by atoms with E-state index in [1.165, 1.54) is 7.11 Å². The van der Waals surface area contributed by atoms with Crippen molar-refractivity contribution < 1.29 is 14.3 Å². The maximum absolute atomic E-state index is 12.5. The van der Waals surface area contributed by atoms with E-state index in [0.29, 0.717) is 38.3 Å². The normalized spacial score (nSPS) is 10.3. The summed E-state index contributed by atoms with van der Waals surface area (Å²) in [7, 11) is 1.48. The Labute approximate surface area is 178 Å². The Hall–Kier alpha value is -3.02. The molecule has 5 nitrogen and oxygen atoms in total. The van der Waals surface area contributed by atoms with Crippen LogP contribution in [0.5, 0.6) is 5.75 Å². The molecule has 0 unspecified atom stereocenters. The molecular weight excluding hydrogens is 411 g/mol. The Morgan fingerprint density at radius 1 is 0.862 bits per heavy atom. The van der Waals surface area contributed by atoms with Crippen molar-refractivity contribution in [3.63, 3.8) is 0 Å². The number of carbonyl (C=O) groups excluding carboxylic acids is 2. The molecule has 0 saturated carbocycles. The summed E-state index contributed by atoms with van der Waals surface area (Å²) in [5.41, 5.74) is 2.65. The fraction of sp³-hybridized carbons (Fsp3) is 0.0909. The lowest BCUT2D eigenvalue weighted by Crippen LogP contribution is -2.14. The number of rotatable bonds is 5. The van der Waals surface area contributed by atoms with Gasteiger partial charge in [-0.15, -0.1) is 0 Å². The van der Waals surface area contributed by atoms with Gasteiger partial charge in [0.25, 0.3) is 11.8 Å². The number of anilines is 2.